The molecule has 0 aliphatic rings. The van der Waals surface area contributed by atoms with Crippen molar-refractivity contribution < 1.29 is 29.1 Å². The Morgan fingerprint density at radius 2 is 1.22 bits per heavy atom. The second-order valence-corrected chi connectivity index (χ2v) is 11.4. The molecule has 41 heavy (non-hydrogen) atoms. The van der Waals surface area contributed by atoms with E-state index < -0.39 is 59.8 Å². The maximum absolute atomic E-state index is 13.5. The summed E-state index contributed by atoms with van der Waals surface area (Å²) in [5, 5.41) is 20.1. The molecule has 11 N–H and O–H groups in total. The lowest BCUT2D eigenvalue weighted by Crippen LogP contribution is -2.59. The number of nitrogens with one attached hydrogen (secondary N) is 4. The van der Waals surface area contributed by atoms with E-state index >= 15 is 0 Å². The zero-order valence-electron chi connectivity index (χ0n) is 25.5. The number of hydrogen-bond donors (Lipinski definition) is 8. The minimum absolute atomic E-state index is 0.0108. The zero-order chi connectivity index (χ0) is 31.9. The Morgan fingerprint density at radius 1 is 0.732 bits per heavy atom. The molecule has 0 bridgehead atoms. The number of carbonyl (C=O) groups excluding carboxylic acids is 4. The van der Waals surface area contributed by atoms with Crippen LogP contribution in [0.3, 0.4) is 0 Å². The number of carboxylic acids is 1. The van der Waals surface area contributed by atoms with E-state index in [-0.39, 0.29) is 49.5 Å². The van der Waals surface area contributed by atoms with Gasteiger partial charge >= 0.3 is 5.97 Å². The molecule has 0 heterocycles. The summed E-state index contributed by atoms with van der Waals surface area (Å²) in [5.41, 5.74) is 16.4. The van der Waals surface area contributed by atoms with Crippen LogP contribution in [0.5, 0.6) is 0 Å². The van der Waals surface area contributed by atoms with Gasteiger partial charge in [0.05, 0.1) is 6.04 Å². The largest absolute Gasteiger partial charge is 0.480 e. The summed E-state index contributed by atoms with van der Waals surface area (Å²) < 4.78 is 0. The summed E-state index contributed by atoms with van der Waals surface area (Å²) in [6, 6.07) is -5.03. The van der Waals surface area contributed by atoms with Crippen LogP contribution in [0.4, 0.5) is 0 Å². The molecule has 0 aromatic heterocycles. The van der Waals surface area contributed by atoms with E-state index in [9.17, 15) is 29.1 Å². The van der Waals surface area contributed by atoms with Gasteiger partial charge in [-0.3, -0.25) is 24.2 Å². The second-order valence-electron chi connectivity index (χ2n) is 11.4. The molecule has 0 aromatic carbocycles. The summed E-state index contributed by atoms with van der Waals surface area (Å²) in [6.45, 7) is 12.8. The average molecular weight is 585 g/mol. The maximum atomic E-state index is 13.5. The van der Waals surface area contributed by atoms with Crippen LogP contribution in [0.2, 0.25) is 0 Å². The van der Waals surface area contributed by atoms with Crippen LogP contribution >= 0.6 is 0 Å². The number of aliphatic imine (C=N–C) groups is 1. The number of aliphatic carboxylic acids is 1. The van der Waals surface area contributed by atoms with Crippen molar-refractivity contribution in [3.05, 3.63) is 0 Å². The third-order valence-corrected chi connectivity index (χ3v) is 6.45. The van der Waals surface area contributed by atoms with Crippen LogP contribution in [-0.2, 0) is 24.0 Å². The highest BCUT2D eigenvalue weighted by atomic mass is 16.4. The van der Waals surface area contributed by atoms with Crippen LogP contribution < -0.4 is 38.5 Å². The van der Waals surface area contributed by atoms with E-state index in [0.29, 0.717) is 12.8 Å². The molecule has 14 heteroatoms. The molecule has 6 atom stereocenters. The topological polar surface area (TPSA) is 244 Å². The van der Waals surface area contributed by atoms with E-state index in [1.807, 2.05) is 34.6 Å². The van der Waals surface area contributed by atoms with Crippen LogP contribution in [0, 0.1) is 17.8 Å². The Morgan fingerprint density at radius 3 is 1.68 bits per heavy atom. The predicted octanol–water partition coefficient (Wildman–Crippen LogP) is -0.451. The van der Waals surface area contributed by atoms with Gasteiger partial charge in [-0.1, -0.05) is 48.0 Å². The van der Waals surface area contributed by atoms with Crippen molar-refractivity contribution in [3.8, 4) is 0 Å². The lowest BCUT2D eigenvalue weighted by atomic mass is 9.95. The first-order chi connectivity index (χ1) is 19.0. The zero-order valence-corrected chi connectivity index (χ0v) is 25.5. The smallest absolute Gasteiger partial charge is 0.326 e. The van der Waals surface area contributed by atoms with E-state index in [4.69, 9.17) is 17.2 Å². The Balaban J connectivity index is 5.88. The van der Waals surface area contributed by atoms with Gasteiger partial charge in [0.2, 0.25) is 23.6 Å². The summed E-state index contributed by atoms with van der Waals surface area (Å²) in [4.78, 5) is 67.8. The van der Waals surface area contributed by atoms with Crippen molar-refractivity contribution in [1.82, 2.24) is 21.3 Å². The standard InChI is InChI=1S/C27H52N8O6/c1-8-16(6)21(25(39)34-20(26(40)41)13-15(4)5)35-24(38)19(12-14(2)3)33-23(37)18(32-22(36)17(7)28)10-9-11-31-27(29)30/h14-21H,8-13,28H2,1-7H3,(H,32,36)(H,33,37)(H,34,39)(H,35,38)(H,40,41)(H4,29,30,31)/t16-,17-,18-,19-,20-,21-/m0/s1. The molecule has 0 fully saturated rings. The molecule has 0 rings (SSSR count). The maximum Gasteiger partial charge on any atom is 0.326 e. The van der Waals surface area contributed by atoms with Gasteiger partial charge in [-0.25, -0.2) is 4.79 Å². The van der Waals surface area contributed by atoms with Gasteiger partial charge in [-0.05, 0) is 50.4 Å². The molecule has 14 nitrogen and oxygen atoms in total. The van der Waals surface area contributed by atoms with Crippen LogP contribution in [0.15, 0.2) is 4.99 Å². The number of carboxylic acid groups (broad SMARTS) is 1. The Labute approximate surface area is 243 Å². The SMILES string of the molecule is CC[C@H](C)[C@H](NC(=O)[C@H](CC(C)C)NC(=O)[C@H](CCCN=C(N)N)NC(=O)[C@H](C)N)C(=O)N[C@@H](CC(C)C)C(=O)O. The normalized spacial score (nSPS) is 15.6. The molecule has 0 aliphatic carbocycles. The lowest BCUT2D eigenvalue weighted by molar-refractivity contribution is -0.143. The summed E-state index contributed by atoms with van der Waals surface area (Å²) in [6.07, 6.45) is 1.56. The third kappa shape index (κ3) is 15.2. The number of nitrogens with zero attached hydrogens (tertiary/aromatic N) is 1. The molecule has 0 aromatic rings. The predicted molar refractivity (Wildman–Crippen MR) is 157 cm³/mol. The third-order valence-electron chi connectivity index (χ3n) is 6.45. The highest BCUT2D eigenvalue weighted by Gasteiger charge is 2.33. The Kier molecular flexibility index (Phi) is 17.3. The number of nitrogens with two attached hydrogens (primary N) is 3. The van der Waals surface area contributed by atoms with Gasteiger partial charge in [0.15, 0.2) is 5.96 Å². The van der Waals surface area contributed by atoms with E-state index in [2.05, 4.69) is 26.3 Å². The van der Waals surface area contributed by atoms with E-state index in [0.717, 1.165) is 0 Å². The first kappa shape index (κ1) is 37.6. The van der Waals surface area contributed by atoms with Crippen molar-refractivity contribution in [3.63, 3.8) is 0 Å². The molecule has 4 amide bonds. The molecule has 0 spiro atoms. The molecule has 0 aliphatic heterocycles. The van der Waals surface area contributed by atoms with Crippen LogP contribution in [0.25, 0.3) is 0 Å². The minimum atomic E-state index is -1.16. The van der Waals surface area contributed by atoms with Gasteiger partial charge in [0.1, 0.15) is 24.2 Å². The number of rotatable bonds is 19. The lowest BCUT2D eigenvalue weighted by Gasteiger charge is -2.29. The fraction of sp³-hybridized carbons (Fsp3) is 0.778. The van der Waals surface area contributed by atoms with Crippen molar-refractivity contribution in [1.29, 1.82) is 0 Å². The highest BCUT2D eigenvalue weighted by Crippen LogP contribution is 2.13. The molecular weight excluding hydrogens is 532 g/mol. The fourth-order valence-corrected chi connectivity index (χ4v) is 3.96. The fourth-order valence-electron chi connectivity index (χ4n) is 3.96. The first-order valence-electron chi connectivity index (χ1n) is 14.2. The Hall–Kier alpha value is -3.42. The molecule has 0 saturated carbocycles. The second kappa shape index (κ2) is 18.8. The number of guanidine groups is 1. The molecule has 0 saturated heterocycles. The van der Waals surface area contributed by atoms with Gasteiger partial charge in [-0.2, -0.15) is 0 Å². The molecule has 0 unspecified atom stereocenters. The molecular formula is C27H52N8O6. The Bertz CT molecular complexity index is 904. The first-order valence-corrected chi connectivity index (χ1v) is 14.2. The van der Waals surface area contributed by atoms with Gasteiger partial charge < -0.3 is 43.6 Å². The van der Waals surface area contributed by atoms with E-state index in [1.165, 1.54) is 6.92 Å². The summed E-state index contributed by atoms with van der Waals surface area (Å²) in [7, 11) is 0. The van der Waals surface area contributed by atoms with Crippen molar-refractivity contribution in [2.24, 2.45) is 39.9 Å². The van der Waals surface area contributed by atoms with E-state index in [1.54, 1.807) is 6.92 Å². The molecule has 0 radical (unpaired) electrons. The minimum Gasteiger partial charge on any atom is -0.480 e. The number of carbonyl (C=O) groups is 5. The number of hydrogen-bond acceptors (Lipinski definition) is 7. The van der Waals surface area contributed by atoms with Gasteiger partial charge in [0.25, 0.3) is 0 Å². The van der Waals surface area contributed by atoms with Crippen LogP contribution in [0.1, 0.15) is 80.6 Å². The quantitative estimate of drug-likeness (QED) is 0.0556. The summed E-state index contributed by atoms with van der Waals surface area (Å²) in [5.74, 6) is -3.92. The monoisotopic (exact) mass is 584 g/mol. The van der Waals surface area contributed by atoms with Crippen molar-refractivity contribution >= 4 is 35.6 Å². The average Bonchev–Trinajstić information content (AvgIpc) is 2.86. The van der Waals surface area contributed by atoms with Crippen molar-refractivity contribution in [2.75, 3.05) is 6.54 Å². The van der Waals surface area contributed by atoms with Crippen molar-refractivity contribution in [2.45, 2.75) is 111 Å². The van der Waals surface area contributed by atoms with Gasteiger partial charge in [-0.15, -0.1) is 0 Å². The number of amides is 4. The highest BCUT2D eigenvalue weighted by molar-refractivity contribution is 5.95. The van der Waals surface area contributed by atoms with Gasteiger partial charge in [0, 0.05) is 6.54 Å². The van der Waals surface area contributed by atoms with Crippen LogP contribution in [-0.4, -0.2) is 77.4 Å². The summed E-state index contributed by atoms with van der Waals surface area (Å²) >= 11 is 0. The molecule has 236 valence electrons.